The molecule has 0 fully saturated rings. The van der Waals surface area contributed by atoms with Crippen molar-refractivity contribution in [2.45, 2.75) is 4.90 Å². The molecule has 4 heteroatoms. The molecule has 1 atom stereocenters. The van der Waals surface area contributed by atoms with Crippen LogP contribution < -0.4 is 4.74 Å². The predicted molar refractivity (Wildman–Crippen MR) is 67.5 cm³/mol. The average molecular weight is 248 g/mol. The number of benzene rings is 2. The molecule has 0 aliphatic rings. The van der Waals surface area contributed by atoms with Crippen molar-refractivity contribution in [3.8, 4) is 16.9 Å². The predicted octanol–water partition coefficient (Wildman–Crippen LogP) is 2.94. The minimum absolute atomic E-state index is 0.405. The van der Waals surface area contributed by atoms with Crippen molar-refractivity contribution >= 4 is 11.1 Å². The van der Waals surface area contributed by atoms with Crippen molar-refractivity contribution in [2.24, 2.45) is 0 Å². The van der Waals surface area contributed by atoms with Crippen molar-refractivity contribution in [3.63, 3.8) is 0 Å². The van der Waals surface area contributed by atoms with Gasteiger partial charge in [0.25, 0.3) is 0 Å². The van der Waals surface area contributed by atoms with Crippen LogP contribution in [-0.4, -0.2) is 15.9 Å². The van der Waals surface area contributed by atoms with Gasteiger partial charge in [-0.05, 0) is 35.4 Å². The minimum atomic E-state index is -1.92. The zero-order chi connectivity index (χ0) is 12.3. The molecule has 0 aromatic heterocycles. The molecule has 0 aliphatic carbocycles. The molecular weight excluding hydrogens is 236 g/mol. The molecule has 0 radical (unpaired) electrons. The maximum Gasteiger partial charge on any atom is 0.186 e. The van der Waals surface area contributed by atoms with Crippen molar-refractivity contribution < 1.29 is 13.5 Å². The summed E-state index contributed by atoms with van der Waals surface area (Å²) in [5.41, 5.74) is 2.04. The number of hydrogen-bond donors (Lipinski definition) is 1. The van der Waals surface area contributed by atoms with Crippen molar-refractivity contribution in [1.82, 2.24) is 0 Å². The molecule has 2 aromatic carbocycles. The van der Waals surface area contributed by atoms with Crippen LogP contribution in [0.4, 0.5) is 0 Å². The quantitative estimate of drug-likeness (QED) is 0.849. The van der Waals surface area contributed by atoms with Crippen LogP contribution in [0.2, 0.25) is 0 Å². The Balaban J connectivity index is 2.29. The number of hydrogen-bond acceptors (Lipinski definition) is 2. The summed E-state index contributed by atoms with van der Waals surface area (Å²) in [6, 6.07) is 14.6. The normalized spacial score (nSPS) is 12.1. The molecule has 0 spiro atoms. The van der Waals surface area contributed by atoms with Crippen LogP contribution in [0, 0.1) is 0 Å². The molecule has 0 saturated heterocycles. The first kappa shape index (κ1) is 11.8. The highest BCUT2D eigenvalue weighted by Crippen LogP contribution is 2.23. The second kappa shape index (κ2) is 5.12. The van der Waals surface area contributed by atoms with E-state index in [1.807, 2.05) is 36.4 Å². The number of ether oxygens (including phenoxy) is 1. The Kier molecular flexibility index (Phi) is 3.56. The standard InChI is InChI=1S/C13H12O3S/c1-16-12-6-2-10(3-7-12)11-4-8-13(9-5-11)17(14)15/h2-9H,1H3,(H,14,15). The molecule has 0 saturated carbocycles. The third-order valence-electron chi connectivity index (χ3n) is 2.48. The van der Waals surface area contributed by atoms with Gasteiger partial charge >= 0.3 is 0 Å². The number of rotatable bonds is 3. The van der Waals surface area contributed by atoms with Crippen LogP contribution in [0.5, 0.6) is 5.75 Å². The Morgan fingerprint density at radius 2 is 1.41 bits per heavy atom. The van der Waals surface area contributed by atoms with Crippen LogP contribution >= 0.6 is 0 Å². The van der Waals surface area contributed by atoms with Gasteiger partial charge in [0.15, 0.2) is 11.1 Å². The largest absolute Gasteiger partial charge is 0.497 e. The molecule has 1 unspecified atom stereocenters. The molecule has 17 heavy (non-hydrogen) atoms. The lowest BCUT2D eigenvalue weighted by Gasteiger charge is -2.04. The lowest BCUT2D eigenvalue weighted by Crippen LogP contribution is -1.87. The smallest absolute Gasteiger partial charge is 0.186 e. The molecule has 2 rings (SSSR count). The minimum Gasteiger partial charge on any atom is -0.497 e. The summed E-state index contributed by atoms with van der Waals surface area (Å²) < 4.78 is 24.8. The summed E-state index contributed by atoms with van der Waals surface area (Å²) in [5, 5.41) is 0. The lowest BCUT2D eigenvalue weighted by molar-refractivity contribution is 0.415. The van der Waals surface area contributed by atoms with E-state index in [0.29, 0.717) is 4.90 Å². The van der Waals surface area contributed by atoms with E-state index < -0.39 is 11.1 Å². The third kappa shape index (κ3) is 2.72. The first-order valence-electron chi connectivity index (χ1n) is 5.06. The van der Waals surface area contributed by atoms with Gasteiger partial charge in [0.1, 0.15) is 5.75 Å². The van der Waals surface area contributed by atoms with E-state index in [1.54, 1.807) is 19.2 Å². The van der Waals surface area contributed by atoms with Gasteiger partial charge in [0, 0.05) is 0 Å². The van der Waals surface area contributed by atoms with Crippen molar-refractivity contribution in [3.05, 3.63) is 48.5 Å². The Bertz CT molecular complexity index is 517. The van der Waals surface area contributed by atoms with Crippen LogP contribution in [0.3, 0.4) is 0 Å². The summed E-state index contributed by atoms with van der Waals surface area (Å²) in [7, 11) is 1.63. The molecule has 0 bridgehead atoms. The van der Waals surface area contributed by atoms with Gasteiger partial charge in [-0.3, -0.25) is 0 Å². The SMILES string of the molecule is COc1ccc(-c2ccc(S(=O)O)cc2)cc1. The Hall–Kier alpha value is -1.65. The van der Waals surface area contributed by atoms with Gasteiger partial charge in [-0.1, -0.05) is 24.3 Å². The molecule has 0 amide bonds. The molecule has 0 aliphatic heterocycles. The Labute approximate surface area is 102 Å². The Morgan fingerprint density at radius 3 is 1.82 bits per heavy atom. The average Bonchev–Trinajstić information content (AvgIpc) is 2.39. The van der Waals surface area contributed by atoms with E-state index in [4.69, 9.17) is 9.29 Å². The van der Waals surface area contributed by atoms with Crippen LogP contribution in [0.25, 0.3) is 11.1 Å². The third-order valence-corrected chi connectivity index (χ3v) is 3.15. The van der Waals surface area contributed by atoms with Gasteiger partial charge < -0.3 is 9.29 Å². The topological polar surface area (TPSA) is 46.5 Å². The zero-order valence-electron chi connectivity index (χ0n) is 9.29. The van der Waals surface area contributed by atoms with Gasteiger partial charge in [0.05, 0.1) is 12.0 Å². The fraction of sp³-hybridized carbons (Fsp3) is 0.0769. The van der Waals surface area contributed by atoms with Crippen molar-refractivity contribution in [2.75, 3.05) is 7.11 Å². The highest BCUT2D eigenvalue weighted by Gasteiger charge is 2.01. The van der Waals surface area contributed by atoms with E-state index in [0.717, 1.165) is 16.9 Å². The fourth-order valence-electron chi connectivity index (χ4n) is 1.55. The first-order valence-corrected chi connectivity index (χ1v) is 6.17. The van der Waals surface area contributed by atoms with E-state index in [-0.39, 0.29) is 0 Å². The first-order chi connectivity index (χ1) is 8.20. The van der Waals surface area contributed by atoms with E-state index in [9.17, 15) is 4.21 Å². The van der Waals surface area contributed by atoms with Gasteiger partial charge in [-0.2, -0.15) is 0 Å². The maximum atomic E-state index is 10.8. The summed E-state index contributed by atoms with van der Waals surface area (Å²) in [4.78, 5) is 0.405. The van der Waals surface area contributed by atoms with Crippen molar-refractivity contribution in [1.29, 1.82) is 0 Å². The summed E-state index contributed by atoms with van der Waals surface area (Å²) in [6.45, 7) is 0. The summed E-state index contributed by atoms with van der Waals surface area (Å²) in [6.07, 6.45) is 0. The van der Waals surface area contributed by atoms with E-state index >= 15 is 0 Å². The lowest BCUT2D eigenvalue weighted by atomic mass is 10.1. The van der Waals surface area contributed by atoms with Gasteiger partial charge in [-0.25, -0.2) is 4.21 Å². The Morgan fingerprint density at radius 1 is 0.941 bits per heavy atom. The molecule has 0 heterocycles. The molecular formula is C13H12O3S. The van der Waals surface area contributed by atoms with E-state index in [2.05, 4.69) is 0 Å². The number of methoxy groups -OCH3 is 1. The zero-order valence-corrected chi connectivity index (χ0v) is 10.1. The molecule has 2 aromatic rings. The molecule has 1 N–H and O–H groups in total. The highest BCUT2D eigenvalue weighted by molar-refractivity contribution is 7.79. The second-order valence-electron chi connectivity index (χ2n) is 3.50. The maximum absolute atomic E-state index is 10.8. The summed E-state index contributed by atoms with van der Waals surface area (Å²) in [5.74, 6) is 0.807. The highest BCUT2D eigenvalue weighted by atomic mass is 32.2. The van der Waals surface area contributed by atoms with Gasteiger partial charge in [0.2, 0.25) is 0 Å². The fourth-order valence-corrected chi connectivity index (χ4v) is 1.92. The van der Waals surface area contributed by atoms with Crippen LogP contribution in [-0.2, 0) is 11.1 Å². The summed E-state index contributed by atoms with van der Waals surface area (Å²) >= 11 is -1.92. The monoisotopic (exact) mass is 248 g/mol. The molecule has 3 nitrogen and oxygen atoms in total. The second-order valence-corrected chi connectivity index (χ2v) is 4.47. The van der Waals surface area contributed by atoms with Crippen LogP contribution in [0.1, 0.15) is 0 Å². The van der Waals surface area contributed by atoms with Gasteiger partial charge in [-0.15, -0.1) is 0 Å². The van der Waals surface area contributed by atoms with Crippen LogP contribution in [0.15, 0.2) is 53.4 Å². The van der Waals surface area contributed by atoms with E-state index in [1.165, 1.54) is 0 Å². The molecule has 88 valence electrons.